The van der Waals surface area contributed by atoms with Crippen LogP contribution in [0.1, 0.15) is 16.5 Å². The number of hydrogen-bond acceptors (Lipinski definition) is 2. The van der Waals surface area contributed by atoms with E-state index in [1.807, 2.05) is 18.2 Å². The molecule has 0 aromatic heterocycles. The lowest BCUT2D eigenvalue weighted by Crippen LogP contribution is -2.05. The Bertz CT molecular complexity index is 607. The minimum absolute atomic E-state index is 0.295. The van der Waals surface area contributed by atoms with Crippen molar-refractivity contribution in [2.75, 3.05) is 20.3 Å². The van der Waals surface area contributed by atoms with Gasteiger partial charge in [0.1, 0.15) is 18.2 Å². The molecule has 0 spiro atoms. The van der Waals surface area contributed by atoms with Crippen LogP contribution >= 0.6 is 27.5 Å². The lowest BCUT2D eigenvalue weighted by Gasteiger charge is -2.13. The standard InChI is InChI=1S/C16H15BrClFO2/c1-20-7-8-21-15-6-5-12(10-14(15)17)16(18)11-3-2-4-13(19)9-11/h2-6,9-10,16H,7-8H2,1H3. The van der Waals surface area contributed by atoms with Gasteiger partial charge >= 0.3 is 0 Å². The normalized spacial score (nSPS) is 12.2. The second-order valence-electron chi connectivity index (χ2n) is 4.45. The van der Waals surface area contributed by atoms with Crippen molar-refractivity contribution in [1.82, 2.24) is 0 Å². The Morgan fingerprint density at radius 2 is 1.90 bits per heavy atom. The zero-order chi connectivity index (χ0) is 15.2. The predicted octanol–water partition coefficient (Wildman–Crippen LogP) is 4.94. The summed E-state index contributed by atoms with van der Waals surface area (Å²) in [6.45, 7) is 0.998. The number of halogens is 3. The molecule has 112 valence electrons. The van der Waals surface area contributed by atoms with E-state index in [4.69, 9.17) is 21.1 Å². The lowest BCUT2D eigenvalue weighted by atomic mass is 10.0. The highest BCUT2D eigenvalue weighted by Crippen LogP contribution is 2.34. The van der Waals surface area contributed by atoms with Gasteiger partial charge in [0.2, 0.25) is 0 Å². The van der Waals surface area contributed by atoms with Gasteiger partial charge < -0.3 is 9.47 Å². The van der Waals surface area contributed by atoms with E-state index in [1.165, 1.54) is 12.1 Å². The van der Waals surface area contributed by atoms with Crippen LogP contribution in [-0.2, 0) is 4.74 Å². The third-order valence-corrected chi connectivity index (χ3v) is 4.06. The number of rotatable bonds is 6. The summed E-state index contributed by atoms with van der Waals surface area (Å²) in [6.07, 6.45) is 0. The molecule has 1 unspecified atom stereocenters. The molecule has 2 aromatic carbocycles. The highest BCUT2D eigenvalue weighted by atomic mass is 79.9. The van der Waals surface area contributed by atoms with Gasteiger partial charge in [-0.25, -0.2) is 4.39 Å². The molecular formula is C16H15BrClFO2. The van der Waals surface area contributed by atoms with Gasteiger partial charge in [0, 0.05) is 7.11 Å². The molecule has 0 bridgehead atoms. The minimum atomic E-state index is -0.412. The molecule has 0 saturated carbocycles. The molecule has 0 N–H and O–H groups in total. The van der Waals surface area contributed by atoms with Crippen LogP contribution in [0.5, 0.6) is 5.75 Å². The monoisotopic (exact) mass is 372 g/mol. The average Bonchev–Trinajstić information content (AvgIpc) is 2.48. The van der Waals surface area contributed by atoms with Crippen molar-refractivity contribution in [2.24, 2.45) is 0 Å². The Labute approximate surface area is 137 Å². The van der Waals surface area contributed by atoms with Crippen molar-refractivity contribution in [3.8, 4) is 5.75 Å². The average molecular weight is 374 g/mol. The summed E-state index contributed by atoms with van der Waals surface area (Å²) >= 11 is 9.86. The molecule has 0 aliphatic heterocycles. The van der Waals surface area contributed by atoms with Crippen LogP contribution < -0.4 is 4.74 Å². The van der Waals surface area contributed by atoms with Crippen molar-refractivity contribution >= 4 is 27.5 Å². The summed E-state index contributed by atoms with van der Waals surface area (Å²) in [4.78, 5) is 0. The maximum atomic E-state index is 13.3. The summed E-state index contributed by atoms with van der Waals surface area (Å²) in [7, 11) is 1.62. The first kappa shape index (κ1) is 16.3. The van der Waals surface area contributed by atoms with Crippen molar-refractivity contribution in [1.29, 1.82) is 0 Å². The Hall–Kier alpha value is -1.10. The van der Waals surface area contributed by atoms with Crippen molar-refractivity contribution in [3.63, 3.8) is 0 Å². The highest BCUT2D eigenvalue weighted by Gasteiger charge is 2.13. The first-order valence-electron chi connectivity index (χ1n) is 6.42. The fourth-order valence-corrected chi connectivity index (χ4v) is 2.67. The second-order valence-corrected chi connectivity index (χ2v) is 5.74. The highest BCUT2D eigenvalue weighted by molar-refractivity contribution is 9.10. The van der Waals surface area contributed by atoms with Gasteiger partial charge in [-0.3, -0.25) is 0 Å². The molecule has 0 saturated heterocycles. The third kappa shape index (κ3) is 4.43. The molecule has 21 heavy (non-hydrogen) atoms. The molecule has 0 amide bonds. The molecule has 1 atom stereocenters. The molecule has 5 heteroatoms. The fraction of sp³-hybridized carbons (Fsp3) is 0.250. The lowest BCUT2D eigenvalue weighted by molar-refractivity contribution is 0.146. The van der Waals surface area contributed by atoms with E-state index in [1.54, 1.807) is 19.2 Å². The van der Waals surface area contributed by atoms with Crippen LogP contribution in [0.15, 0.2) is 46.9 Å². The van der Waals surface area contributed by atoms with Crippen LogP contribution in [0.25, 0.3) is 0 Å². The minimum Gasteiger partial charge on any atom is -0.490 e. The summed E-state index contributed by atoms with van der Waals surface area (Å²) < 4.78 is 24.6. The predicted molar refractivity (Wildman–Crippen MR) is 85.6 cm³/mol. The van der Waals surface area contributed by atoms with Gasteiger partial charge in [-0.05, 0) is 51.3 Å². The van der Waals surface area contributed by atoms with E-state index in [-0.39, 0.29) is 5.82 Å². The van der Waals surface area contributed by atoms with Crippen molar-refractivity contribution < 1.29 is 13.9 Å². The molecule has 2 aromatic rings. The molecule has 2 nitrogen and oxygen atoms in total. The van der Waals surface area contributed by atoms with E-state index in [9.17, 15) is 4.39 Å². The Balaban J connectivity index is 2.15. The van der Waals surface area contributed by atoms with E-state index in [0.717, 1.165) is 21.3 Å². The molecule has 0 fully saturated rings. The summed E-state index contributed by atoms with van der Waals surface area (Å²) in [5.74, 6) is 0.427. The first-order valence-corrected chi connectivity index (χ1v) is 7.65. The molecule has 2 rings (SSSR count). The smallest absolute Gasteiger partial charge is 0.133 e. The van der Waals surface area contributed by atoms with Crippen LogP contribution in [0.3, 0.4) is 0 Å². The molecular weight excluding hydrogens is 359 g/mol. The number of ether oxygens (including phenoxy) is 2. The van der Waals surface area contributed by atoms with E-state index in [0.29, 0.717) is 13.2 Å². The zero-order valence-electron chi connectivity index (χ0n) is 11.5. The van der Waals surface area contributed by atoms with Crippen molar-refractivity contribution in [3.05, 3.63) is 63.9 Å². The number of alkyl halides is 1. The Kier molecular flexibility index (Phi) is 6.03. The molecule has 0 heterocycles. The summed E-state index contributed by atoms with van der Waals surface area (Å²) in [6, 6.07) is 11.9. The molecule has 0 aliphatic carbocycles. The van der Waals surface area contributed by atoms with Crippen LogP contribution in [-0.4, -0.2) is 20.3 Å². The largest absolute Gasteiger partial charge is 0.490 e. The topological polar surface area (TPSA) is 18.5 Å². The maximum absolute atomic E-state index is 13.3. The molecule has 0 radical (unpaired) electrons. The summed E-state index contributed by atoms with van der Waals surface area (Å²) in [5, 5.41) is -0.412. The quantitative estimate of drug-likeness (QED) is 0.527. The third-order valence-electron chi connectivity index (χ3n) is 2.93. The van der Waals surface area contributed by atoms with Crippen LogP contribution in [0, 0.1) is 5.82 Å². The number of benzene rings is 2. The summed E-state index contributed by atoms with van der Waals surface area (Å²) in [5.41, 5.74) is 1.59. The SMILES string of the molecule is COCCOc1ccc(C(Cl)c2cccc(F)c2)cc1Br. The number of methoxy groups -OCH3 is 1. The fourth-order valence-electron chi connectivity index (χ4n) is 1.88. The maximum Gasteiger partial charge on any atom is 0.133 e. The van der Waals surface area contributed by atoms with Gasteiger partial charge in [-0.15, -0.1) is 11.6 Å². The van der Waals surface area contributed by atoms with Gasteiger partial charge in [-0.2, -0.15) is 0 Å². The van der Waals surface area contributed by atoms with Crippen LogP contribution in [0.2, 0.25) is 0 Å². The van der Waals surface area contributed by atoms with E-state index >= 15 is 0 Å². The van der Waals surface area contributed by atoms with Crippen molar-refractivity contribution in [2.45, 2.75) is 5.38 Å². The van der Waals surface area contributed by atoms with Gasteiger partial charge in [0.25, 0.3) is 0 Å². The Morgan fingerprint density at radius 1 is 1.14 bits per heavy atom. The van der Waals surface area contributed by atoms with Gasteiger partial charge in [0.05, 0.1) is 16.5 Å². The van der Waals surface area contributed by atoms with E-state index < -0.39 is 5.38 Å². The van der Waals surface area contributed by atoms with Gasteiger partial charge in [-0.1, -0.05) is 18.2 Å². The number of hydrogen-bond donors (Lipinski definition) is 0. The molecule has 0 aliphatic rings. The first-order chi connectivity index (χ1) is 10.1. The zero-order valence-corrected chi connectivity index (χ0v) is 13.8. The van der Waals surface area contributed by atoms with E-state index in [2.05, 4.69) is 15.9 Å². The van der Waals surface area contributed by atoms with Crippen LogP contribution in [0.4, 0.5) is 4.39 Å². The Morgan fingerprint density at radius 3 is 2.57 bits per heavy atom. The van der Waals surface area contributed by atoms with Gasteiger partial charge in [0.15, 0.2) is 0 Å². The second kappa shape index (κ2) is 7.78.